The van der Waals surface area contributed by atoms with Gasteiger partial charge in [0.25, 0.3) is 0 Å². The molecule has 6 nitrogen and oxygen atoms in total. The van der Waals surface area contributed by atoms with Crippen LogP contribution >= 0.6 is 0 Å². The Bertz CT molecular complexity index is 1120. The third-order valence-electron chi connectivity index (χ3n) is 3.94. The Hall–Kier alpha value is -4.06. The molecule has 0 unspecified atom stereocenters. The molecule has 0 bridgehead atoms. The molecule has 0 aliphatic rings. The first kappa shape index (κ1) is 17.4. The summed E-state index contributed by atoms with van der Waals surface area (Å²) >= 11 is 0. The molecule has 0 aliphatic carbocycles. The van der Waals surface area contributed by atoms with Crippen molar-refractivity contribution in [1.82, 2.24) is 4.57 Å². The predicted molar refractivity (Wildman–Crippen MR) is 103 cm³/mol. The predicted octanol–water partition coefficient (Wildman–Crippen LogP) is 5.27. The first-order valence-electron chi connectivity index (χ1n) is 8.53. The Kier molecular flexibility index (Phi) is 4.76. The Labute approximate surface area is 160 Å². The van der Waals surface area contributed by atoms with E-state index in [2.05, 4.69) is 0 Å². The van der Waals surface area contributed by atoms with E-state index in [0.29, 0.717) is 17.0 Å². The highest BCUT2D eigenvalue weighted by Gasteiger charge is 2.21. The maximum atomic E-state index is 12.8. The summed E-state index contributed by atoms with van der Waals surface area (Å²) in [4.78, 5) is 24.9. The second-order valence-electron chi connectivity index (χ2n) is 5.82. The number of carbonyl (C=O) groups is 2. The molecule has 4 aromatic rings. The average molecular weight is 373 g/mol. The first-order chi connectivity index (χ1) is 13.7. The highest BCUT2D eigenvalue weighted by atomic mass is 16.7. The highest BCUT2D eigenvalue weighted by molar-refractivity contribution is 5.93. The molecule has 0 amide bonds. The van der Waals surface area contributed by atoms with Crippen LogP contribution < -0.4 is 14.2 Å². The Balaban J connectivity index is 1.63. The Morgan fingerprint density at radius 3 is 1.89 bits per heavy atom. The van der Waals surface area contributed by atoms with Crippen LogP contribution in [0.25, 0.3) is 10.9 Å². The number of nitrogens with zero attached hydrogens (tertiary/aromatic N) is 1. The van der Waals surface area contributed by atoms with Crippen molar-refractivity contribution in [3.63, 3.8) is 0 Å². The molecular weight excluding hydrogens is 358 g/mol. The van der Waals surface area contributed by atoms with Crippen LogP contribution in [-0.4, -0.2) is 16.8 Å². The summed E-state index contributed by atoms with van der Waals surface area (Å²) in [5.41, 5.74) is 0.547. The fourth-order valence-corrected chi connectivity index (χ4v) is 2.72. The minimum atomic E-state index is -0.956. The van der Waals surface area contributed by atoms with Gasteiger partial charge in [0.1, 0.15) is 11.5 Å². The molecule has 6 heteroatoms. The highest BCUT2D eigenvalue weighted by Crippen LogP contribution is 2.27. The van der Waals surface area contributed by atoms with Gasteiger partial charge < -0.3 is 14.2 Å². The molecule has 4 rings (SSSR count). The summed E-state index contributed by atoms with van der Waals surface area (Å²) < 4.78 is 17.0. The SMILES string of the molecule is O=C(Oc1ccccc1)Oc1cc2ccccc2n1C(=O)Oc1ccccc1. The largest absolute Gasteiger partial charge is 0.520 e. The van der Waals surface area contributed by atoms with E-state index in [1.807, 2.05) is 12.1 Å². The third-order valence-corrected chi connectivity index (χ3v) is 3.94. The van der Waals surface area contributed by atoms with Gasteiger partial charge in [-0.1, -0.05) is 54.6 Å². The number of para-hydroxylation sites is 3. The van der Waals surface area contributed by atoms with Crippen molar-refractivity contribution in [3.05, 3.63) is 91.0 Å². The van der Waals surface area contributed by atoms with E-state index in [4.69, 9.17) is 14.2 Å². The molecule has 0 atom stereocenters. The fraction of sp³-hybridized carbons (Fsp3) is 0. The lowest BCUT2D eigenvalue weighted by molar-refractivity contribution is 0.147. The van der Waals surface area contributed by atoms with Gasteiger partial charge in [0.05, 0.1) is 5.52 Å². The molecule has 28 heavy (non-hydrogen) atoms. The zero-order valence-electron chi connectivity index (χ0n) is 14.6. The first-order valence-corrected chi connectivity index (χ1v) is 8.53. The van der Waals surface area contributed by atoms with Gasteiger partial charge in [-0.25, -0.2) is 14.2 Å². The molecule has 0 radical (unpaired) electrons. The second-order valence-corrected chi connectivity index (χ2v) is 5.82. The van der Waals surface area contributed by atoms with Gasteiger partial charge in [-0.05, 0) is 30.3 Å². The molecular formula is C22H15NO5. The van der Waals surface area contributed by atoms with Crippen molar-refractivity contribution < 1.29 is 23.8 Å². The number of hydrogen-bond acceptors (Lipinski definition) is 5. The topological polar surface area (TPSA) is 66.8 Å². The molecule has 0 spiro atoms. The number of carbonyl (C=O) groups excluding carboxylic acids is 2. The quantitative estimate of drug-likeness (QED) is 0.362. The van der Waals surface area contributed by atoms with E-state index < -0.39 is 12.2 Å². The van der Waals surface area contributed by atoms with Crippen molar-refractivity contribution in [2.45, 2.75) is 0 Å². The molecule has 0 N–H and O–H groups in total. The molecule has 1 aromatic heterocycles. The minimum absolute atomic E-state index is 0.00284. The van der Waals surface area contributed by atoms with E-state index in [9.17, 15) is 9.59 Å². The standard InChI is InChI=1S/C22H15NO5/c24-21(26-17-10-3-1-4-11-17)23-19-14-8-7-9-16(19)15-20(23)28-22(25)27-18-12-5-2-6-13-18/h1-15H. The number of ether oxygens (including phenoxy) is 3. The van der Waals surface area contributed by atoms with Crippen LogP contribution in [0.1, 0.15) is 0 Å². The second kappa shape index (κ2) is 7.67. The summed E-state index contributed by atoms with van der Waals surface area (Å²) in [7, 11) is 0. The number of rotatable bonds is 3. The van der Waals surface area contributed by atoms with Crippen molar-refractivity contribution in [3.8, 4) is 17.4 Å². The Morgan fingerprint density at radius 2 is 1.21 bits per heavy atom. The van der Waals surface area contributed by atoms with Crippen LogP contribution in [0.15, 0.2) is 91.0 Å². The van der Waals surface area contributed by atoms with Crippen molar-refractivity contribution in [2.75, 3.05) is 0 Å². The Morgan fingerprint density at radius 1 is 0.643 bits per heavy atom. The lowest BCUT2D eigenvalue weighted by atomic mass is 10.2. The van der Waals surface area contributed by atoms with Crippen LogP contribution in [0.4, 0.5) is 9.59 Å². The zero-order valence-corrected chi connectivity index (χ0v) is 14.6. The minimum Gasteiger partial charge on any atom is -0.410 e. The van der Waals surface area contributed by atoms with Crippen molar-refractivity contribution in [1.29, 1.82) is 0 Å². The van der Waals surface area contributed by atoms with E-state index in [1.54, 1.807) is 78.9 Å². The summed E-state index contributed by atoms with van der Waals surface area (Å²) in [5, 5.41) is 0.718. The average Bonchev–Trinajstić information content (AvgIpc) is 3.07. The smallest absolute Gasteiger partial charge is 0.410 e. The normalized spacial score (nSPS) is 10.4. The lowest BCUT2D eigenvalue weighted by Crippen LogP contribution is -2.21. The number of fused-ring (bicyclic) bond motifs is 1. The van der Waals surface area contributed by atoms with Crippen LogP contribution in [-0.2, 0) is 0 Å². The van der Waals surface area contributed by atoms with Gasteiger partial charge in [0.2, 0.25) is 5.88 Å². The number of benzene rings is 3. The molecule has 0 fully saturated rings. The van der Waals surface area contributed by atoms with Gasteiger partial charge in [-0.3, -0.25) is 0 Å². The molecule has 3 aromatic carbocycles. The maximum absolute atomic E-state index is 12.8. The monoisotopic (exact) mass is 373 g/mol. The molecule has 138 valence electrons. The van der Waals surface area contributed by atoms with Crippen LogP contribution in [0.2, 0.25) is 0 Å². The van der Waals surface area contributed by atoms with Gasteiger partial charge in [-0.2, -0.15) is 0 Å². The van der Waals surface area contributed by atoms with Crippen LogP contribution in [0, 0.1) is 0 Å². The zero-order chi connectivity index (χ0) is 19.3. The maximum Gasteiger partial charge on any atom is 0.520 e. The molecule has 1 heterocycles. The van der Waals surface area contributed by atoms with Gasteiger partial charge >= 0.3 is 12.2 Å². The third kappa shape index (κ3) is 3.71. The van der Waals surface area contributed by atoms with Crippen molar-refractivity contribution >= 4 is 23.2 Å². The number of hydrogen-bond donors (Lipinski definition) is 0. The molecule has 0 saturated heterocycles. The summed E-state index contributed by atoms with van der Waals surface area (Å²) in [6.07, 6.45) is -1.65. The summed E-state index contributed by atoms with van der Waals surface area (Å²) in [5.74, 6) is 0.716. The van der Waals surface area contributed by atoms with Crippen LogP contribution in [0.3, 0.4) is 0 Å². The molecule has 0 aliphatic heterocycles. The number of aromatic nitrogens is 1. The van der Waals surface area contributed by atoms with Gasteiger partial charge in [0, 0.05) is 11.5 Å². The molecule has 0 saturated carbocycles. The van der Waals surface area contributed by atoms with E-state index >= 15 is 0 Å². The van der Waals surface area contributed by atoms with Crippen molar-refractivity contribution in [2.24, 2.45) is 0 Å². The lowest BCUT2D eigenvalue weighted by Gasteiger charge is -2.10. The van der Waals surface area contributed by atoms with Crippen LogP contribution in [0.5, 0.6) is 17.4 Å². The summed E-state index contributed by atoms with van der Waals surface area (Å²) in [6, 6.07) is 25.9. The van der Waals surface area contributed by atoms with Gasteiger partial charge in [0.15, 0.2) is 0 Å². The van der Waals surface area contributed by atoms with E-state index in [0.717, 1.165) is 5.39 Å². The van der Waals surface area contributed by atoms with E-state index in [1.165, 1.54) is 4.57 Å². The van der Waals surface area contributed by atoms with E-state index in [-0.39, 0.29) is 5.88 Å². The van der Waals surface area contributed by atoms with Gasteiger partial charge in [-0.15, -0.1) is 0 Å². The summed E-state index contributed by atoms with van der Waals surface area (Å²) in [6.45, 7) is 0. The fourth-order valence-electron chi connectivity index (χ4n) is 2.72.